The molecule has 5 nitrogen and oxygen atoms in total. The predicted molar refractivity (Wildman–Crippen MR) is 134 cm³/mol. The van der Waals surface area contributed by atoms with Crippen molar-refractivity contribution >= 4 is 57.1 Å². The van der Waals surface area contributed by atoms with Crippen LogP contribution in [0, 0.1) is 5.13 Å². The third-order valence-corrected chi connectivity index (χ3v) is 7.52. The lowest BCUT2D eigenvalue weighted by molar-refractivity contribution is 0.0370. The number of hydrogen-bond acceptors (Lipinski definition) is 5. The van der Waals surface area contributed by atoms with E-state index in [1.165, 1.54) is 19.3 Å². The maximum Gasteiger partial charge on any atom is 0.337 e. The Hall–Kier alpha value is -1.90. The first-order chi connectivity index (χ1) is 15.5. The van der Waals surface area contributed by atoms with Crippen LogP contribution in [0.2, 0.25) is 5.02 Å². The lowest BCUT2D eigenvalue weighted by Crippen LogP contribution is -2.49. The molecule has 2 N–H and O–H groups in total. The highest BCUT2D eigenvalue weighted by Crippen LogP contribution is 2.40. The SMILES string of the molecule is Cl.O=C(O)c1cc(-c2c(F)sc3cc(Cl)ccc23)ccc1N1CCO[C@@H](CNC2CCC2)C1. The number of halogens is 3. The Labute approximate surface area is 206 Å². The molecular formula is C24H25Cl2FN2O3S. The molecule has 3 aromatic rings. The number of carbonyl (C=O) groups is 1. The fourth-order valence-corrected chi connectivity index (χ4v) is 5.65. The highest BCUT2D eigenvalue weighted by Gasteiger charge is 2.26. The molecule has 176 valence electrons. The summed E-state index contributed by atoms with van der Waals surface area (Å²) < 4.78 is 21.5. The molecule has 0 radical (unpaired) electrons. The van der Waals surface area contributed by atoms with Crippen LogP contribution in [0.25, 0.3) is 21.2 Å². The number of aromatic carboxylic acids is 1. The maximum absolute atomic E-state index is 14.8. The molecule has 2 heterocycles. The molecule has 1 aromatic heterocycles. The molecule has 1 saturated heterocycles. The van der Waals surface area contributed by atoms with Crippen molar-refractivity contribution in [3.05, 3.63) is 52.1 Å². The molecule has 0 bridgehead atoms. The van der Waals surface area contributed by atoms with Gasteiger partial charge in [-0.05, 0) is 42.7 Å². The number of carboxylic acid groups (broad SMARTS) is 1. The molecule has 2 fully saturated rings. The van der Waals surface area contributed by atoms with Crippen LogP contribution in [-0.2, 0) is 4.74 Å². The number of benzene rings is 2. The number of nitrogens with one attached hydrogen (secondary N) is 1. The summed E-state index contributed by atoms with van der Waals surface area (Å²) in [4.78, 5) is 14.2. The van der Waals surface area contributed by atoms with Crippen LogP contribution in [0.5, 0.6) is 0 Å². The number of nitrogens with zero attached hydrogens (tertiary/aromatic N) is 1. The standard InChI is InChI=1S/C24H24ClFN2O3S.ClH/c25-15-5-6-18-21(11-15)32-23(26)22(18)14-4-7-20(19(10-14)24(29)30)28-8-9-31-17(13-28)12-27-16-2-1-3-16;/h4-7,10-11,16-17,27H,1-3,8-9,12-13H2,(H,29,30);1H/t17-;/m0./s1. The van der Waals surface area contributed by atoms with E-state index < -0.39 is 5.97 Å². The van der Waals surface area contributed by atoms with Crippen molar-refractivity contribution in [1.82, 2.24) is 5.32 Å². The minimum absolute atomic E-state index is 0. The van der Waals surface area contributed by atoms with Gasteiger partial charge in [0, 0.05) is 46.3 Å². The van der Waals surface area contributed by atoms with E-state index in [0.717, 1.165) is 28.0 Å². The van der Waals surface area contributed by atoms with Crippen molar-refractivity contribution in [2.75, 3.05) is 31.1 Å². The number of fused-ring (bicyclic) bond motifs is 1. The molecule has 0 spiro atoms. The summed E-state index contributed by atoms with van der Waals surface area (Å²) in [5.74, 6) is -1.03. The first kappa shape index (κ1) is 24.2. The minimum atomic E-state index is -1.03. The lowest BCUT2D eigenvalue weighted by Gasteiger charge is -2.37. The summed E-state index contributed by atoms with van der Waals surface area (Å²) in [7, 11) is 0. The molecule has 0 amide bonds. The van der Waals surface area contributed by atoms with Crippen molar-refractivity contribution in [1.29, 1.82) is 0 Å². The average molecular weight is 511 g/mol. The molecular weight excluding hydrogens is 486 g/mol. The van der Waals surface area contributed by atoms with Gasteiger partial charge in [0.2, 0.25) is 0 Å². The first-order valence-corrected chi connectivity index (χ1v) is 12.0. The van der Waals surface area contributed by atoms with Gasteiger partial charge in [-0.15, -0.1) is 23.7 Å². The van der Waals surface area contributed by atoms with Gasteiger partial charge in [0.05, 0.1) is 24.0 Å². The molecule has 9 heteroatoms. The monoisotopic (exact) mass is 510 g/mol. The van der Waals surface area contributed by atoms with Crippen LogP contribution in [0.1, 0.15) is 29.6 Å². The number of anilines is 1. The Balaban J connectivity index is 0.00000259. The van der Waals surface area contributed by atoms with Crippen LogP contribution >= 0.6 is 35.3 Å². The van der Waals surface area contributed by atoms with E-state index in [2.05, 4.69) is 10.2 Å². The second-order valence-corrected chi connectivity index (χ2v) is 9.84. The normalized spacial score (nSPS) is 18.7. The van der Waals surface area contributed by atoms with E-state index in [4.69, 9.17) is 16.3 Å². The maximum atomic E-state index is 14.8. The van der Waals surface area contributed by atoms with E-state index >= 15 is 0 Å². The van der Waals surface area contributed by atoms with E-state index in [1.54, 1.807) is 36.4 Å². The molecule has 5 rings (SSSR count). The molecule has 2 aromatic carbocycles. The highest BCUT2D eigenvalue weighted by atomic mass is 35.5. The Kier molecular flexibility index (Phi) is 7.46. The number of hydrogen-bond donors (Lipinski definition) is 2. The second-order valence-electron chi connectivity index (χ2n) is 8.40. The third-order valence-electron chi connectivity index (χ3n) is 6.34. The molecule has 33 heavy (non-hydrogen) atoms. The van der Waals surface area contributed by atoms with Gasteiger partial charge in [-0.2, -0.15) is 4.39 Å². The van der Waals surface area contributed by atoms with Crippen molar-refractivity contribution < 1.29 is 19.0 Å². The van der Waals surface area contributed by atoms with Gasteiger partial charge in [-0.25, -0.2) is 4.79 Å². The number of thiophene rings is 1. The van der Waals surface area contributed by atoms with Crippen LogP contribution in [0.4, 0.5) is 10.1 Å². The van der Waals surface area contributed by atoms with Crippen molar-refractivity contribution in [3.63, 3.8) is 0 Å². The summed E-state index contributed by atoms with van der Waals surface area (Å²) >= 11 is 7.07. The third kappa shape index (κ3) is 4.98. The average Bonchev–Trinajstić information content (AvgIpc) is 3.07. The van der Waals surface area contributed by atoms with Crippen LogP contribution in [0.15, 0.2) is 36.4 Å². The number of rotatable bonds is 6. The van der Waals surface area contributed by atoms with Gasteiger partial charge >= 0.3 is 5.97 Å². The van der Waals surface area contributed by atoms with E-state index in [0.29, 0.717) is 47.6 Å². The van der Waals surface area contributed by atoms with Gasteiger partial charge in [-0.1, -0.05) is 30.2 Å². The van der Waals surface area contributed by atoms with Gasteiger partial charge in [0.15, 0.2) is 5.13 Å². The van der Waals surface area contributed by atoms with Crippen molar-refractivity contribution in [3.8, 4) is 11.1 Å². The van der Waals surface area contributed by atoms with E-state index in [9.17, 15) is 14.3 Å². The molecule has 2 aliphatic rings. The highest BCUT2D eigenvalue weighted by molar-refractivity contribution is 7.18. The largest absolute Gasteiger partial charge is 0.478 e. The van der Waals surface area contributed by atoms with Crippen molar-refractivity contribution in [2.45, 2.75) is 31.4 Å². The Morgan fingerprint density at radius 2 is 2.09 bits per heavy atom. The van der Waals surface area contributed by atoms with Gasteiger partial charge in [0.1, 0.15) is 0 Å². The van der Waals surface area contributed by atoms with Gasteiger partial charge < -0.3 is 20.1 Å². The van der Waals surface area contributed by atoms with Gasteiger partial charge in [0.25, 0.3) is 0 Å². The topological polar surface area (TPSA) is 61.8 Å². The fraction of sp³-hybridized carbons (Fsp3) is 0.375. The fourth-order valence-electron chi connectivity index (χ4n) is 4.42. The number of carboxylic acids is 1. The zero-order chi connectivity index (χ0) is 22.2. The van der Waals surface area contributed by atoms with E-state index in [1.807, 2.05) is 0 Å². The van der Waals surface area contributed by atoms with Gasteiger partial charge in [-0.3, -0.25) is 0 Å². The summed E-state index contributed by atoms with van der Waals surface area (Å²) in [6.07, 6.45) is 3.70. The zero-order valence-corrected chi connectivity index (χ0v) is 20.2. The van der Waals surface area contributed by atoms with Crippen molar-refractivity contribution in [2.24, 2.45) is 0 Å². The molecule has 0 unspecified atom stereocenters. The minimum Gasteiger partial charge on any atom is -0.478 e. The van der Waals surface area contributed by atoms with Crippen LogP contribution in [-0.4, -0.2) is 49.5 Å². The molecule has 1 aliphatic carbocycles. The predicted octanol–water partition coefficient (Wildman–Crippen LogP) is 5.83. The molecule has 1 atom stereocenters. The number of ether oxygens (including phenoxy) is 1. The van der Waals surface area contributed by atoms with Crippen LogP contribution in [0.3, 0.4) is 0 Å². The Morgan fingerprint density at radius 3 is 2.82 bits per heavy atom. The quantitative estimate of drug-likeness (QED) is 0.436. The zero-order valence-electron chi connectivity index (χ0n) is 17.9. The Bertz CT molecular complexity index is 1170. The summed E-state index contributed by atoms with van der Waals surface area (Å²) in [5, 5.41) is 14.4. The Morgan fingerprint density at radius 1 is 1.27 bits per heavy atom. The smallest absolute Gasteiger partial charge is 0.337 e. The molecule has 1 aliphatic heterocycles. The number of morpholine rings is 1. The van der Waals surface area contributed by atoms with E-state index in [-0.39, 0.29) is 29.2 Å². The summed E-state index contributed by atoms with van der Waals surface area (Å²) in [6.45, 7) is 2.54. The summed E-state index contributed by atoms with van der Waals surface area (Å²) in [6, 6.07) is 11.0. The summed E-state index contributed by atoms with van der Waals surface area (Å²) in [5.41, 5.74) is 1.78. The second kappa shape index (κ2) is 10.2. The van der Waals surface area contributed by atoms with Crippen LogP contribution < -0.4 is 10.2 Å². The molecule has 1 saturated carbocycles. The first-order valence-electron chi connectivity index (χ1n) is 10.8. The lowest BCUT2D eigenvalue weighted by atomic mass is 9.93.